The van der Waals surface area contributed by atoms with Crippen molar-refractivity contribution in [3.63, 3.8) is 0 Å². The van der Waals surface area contributed by atoms with Gasteiger partial charge in [-0.3, -0.25) is 4.79 Å². The van der Waals surface area contributed by atoms with Gasteiger partial charge >= 0.3 is 5.97 Å². The quantitative estimate of drug-likeness (QED) is 0.722. The average molecular weight is 365 g/mol. The topological polar surface area (TPSA) is 74.3 Å². The molecule has 0 N–H and O–H groups in total. The molecule has 2 atom stereocenters. The van der Waals surface area contributed by atoms with Crippen molar-refractivity contribution in [3.8, 4) is 17.2 Å². The van der Waals surface area contributed by atoms with Gasteiger partial charge < -0.3 is 23.8 Å². The normalized spacial score (nSPS) is 19.7. The van der Waals surface area contributed by atoms with Gasteiger partial charge in [-0.2, -0.15) is 0 Å². The van der Waals surface area contributed by atoms with Crippen LogP contribution in [0.3, 0.4) is 0 Å². The second kappa shape index (κ2) is 8.78. The molecule has 1 aliphatic heterocycles. The Labute approximate surface area is 154 Å². The van der Waals surface area contributed by atoms with E-state index in [0.717, 1.165) is 19.3 Å². The van der Waals surface area contributed by atoms with Crippen LogP contribution in [0.4, 0.5) is 0 Å². The molecule has 1 heterocycles. The van der Waals surface area contributed by atoms with Crippen molar-refractivity contribution in [2.24, 2.45) is 0 Å². The first kappa shape index (κ1) is 19.9. The highest BCUT2D eigenvalue weighted by Crippen LogP contribution is 2.38. The van der Waals surface area contributed by atoms with Crippen molar-refractivity contribution in [2.45, 2.75) is 45.2 Å². The number of piperidine rings is 1. The fourth-order valence-electron chi connectivity index (χ4n) is 3.40. The van der Waals surface area contributed by atoms with E-state index in [-0.39, 0.29) is 30.2 Å². The summed E-state index contributed by atoms with van der Waals surface area (Å²) < 4.78 is 20.9. The molecule has 0 aromatic heterocycles. The summed E-state index contributed by atoms with van der Waals surface area (Å²) in [5.74, 6) is 0.297. The Morgan fingerprint density at radius 3 is 2.00 bits per heavy atom. The number of rotatable bonds is 6. The standard InChI is InChI=1S/C19H27NO6/c1-12-7-6-8-13(2)20(12)17(21)11-26-19(22)14-9-15(23-3)18(25-5)16(10-14)24-4/h9-10,12-13H,6-8,11H2,1-5H3/t12-,13-/m1/s1. The van der Waals surface area contributed by atoms with E-state index in [1.807, 2.05) is 18.7 Å². The third-order valence-corrected chi connectivity index (χ3v) is 4.71. The van der Waals surface area contributed by atoms with Crippen LogP contribution in [0.25, 0.3) is 0 Å². The highest BCUT2D eigenvalue weighted by atomic mass is 16.5. The molecular formula is C19H27NO6. The Balaban J connectivity index is 2.09. The molecule has 144 valence electrons. The molecule has 7 nitrogen and oxygen atoms in total. The number of nitrogens with zero attached hydrogens (tertiary/aromatic N) is 1. The maximum Gasteiger partial charge on any atom is 0.338 e. The molecule has 1 aromatic carbocycles. The van der Waals surface area contributed by atoms with Crippen LogP contribution in [0.15, 0.2) is 12.1 Å². The first-order valence-electron chi connectivity index (χ1n) is 8.71. The summed E-state index contributed by atoms with van der Waals surface area (Å²) in [5.41, 5.74) is 0.229. The van der Waals surface area contributed by atoms with E-state index in [0.29, 0.717) is 17.2 Å². The number of hydrogen-bond acceptors (Lipinski definition) is 6. The maximum absolute atomic E-state index is 12.5. The van der Waals surface area contributed by atoms with Crippen LogP contribution < -0.4 is 14.2 Å². The van der Waals surface area contributed by atoms with E-state index >= 15 is 0 Å². The molecule has 1 aromatic rings. The van der Waals surface area contributed by atoms with E-state index in [1.54, 1.807) is 0 Å². The van der Waals surface area contributed by atoms with Gasteiger partial charge in [0.25, 0.3) is 5.91 Å². The minimum Gasteiger partial charge on any atom is -0.493 e. The summed E-state index contributed by atoms with van der Waals surface area (Å²) >= 11 is 0. The van der Waals surface area contributed by atoms with Crippen LogP contribution in [-0.4, -0.2) is 56.8 Å². The lowest BCUT2D eigenvalue weighted by Gasteiger charge is -2.38. The van der Waals surface area contributed by atoms with Gasteiger partial charge in [0.05, 0.1) is 26.9 Å². The van der Waals surface area contributed by atoms with Gasteiger partial charge in [-0.05, 0) is 45.2 Å². The summed E-state index contributed by atoms with van der Waals surface area (Å²) in [5, 5.41) is 0. The summed E-state index contributed by atoms with van der Waals surface area (Å²) in [6, 6.07) is 3.32. The SMILES string of the molecule is COc1cc(C(=O)OCC(=O)N2[C@H](C)CCC[C@H]2C)cc(OC)c1OC. The number of likely N-dealkylation sites (tertiary alicyclic amines) is 1. The van der Waals surface area contributed by atoms with Gasteiger partial charge in [-0.1, -0.05) is 0 Å². The number of hydrogen-bond donors (Lipinski definition) is 0. The Kier molecular flexibility index (Phi) is 6.71. The number of carbonyl (C=O) groups is 2. The van der Waals surface area contributed by atoms with Crippen LogP contribution in [0.2, 0.25) is 0 Å². The highest BCUT2D eigenvalue weighted by Gasteiger charge is 2.29. The van der Waals surface area contributed by atoms with Crippen LogP contribution >= 0.6 is 0 Å². The average Bonchev–Trinajstić information content (AvgIpc) is 2.64. The largest absolute Gasteiger partial charge is 0.493 e. The van der Waals surface area contributed by atoms with Gasteiger partial charge in [-0.25, -0.2) is 4.79 Å². The summed E-state index contributed by atoms with van der Waals surface area (Å²) in [6.45, 7) is 3.76. The number of benzene rings is 1. The third kappa shape index (κ3) is 4.20. The molecule has 7 heteroatoms. The van der Waals surface area contributed by atoms with E-state index in [2.05, 4.69) is 0 Å². The molecule has 0 saturated carbocycles. The van der Waals surface area contributed by atoms with Crippen LogP contribution in [0.5, 0.6) is 17.2 Å². The number of ether oxygens (including phenoxy) is 4. The zero-order valence-electron chi connectivity index (χ0n) is 16.0. The van der Waals surface area contributed by atoms with Gasteiger partial charge in [0.2, 0.25) is 5.75 Å². The number of amides is 1. The summed E-state index contributed by atoms with van der Waals surface area (Å²) in [6.07, 6.45) is 3.05. The van der Waals surface area contributed by atoms with Gasteiger partial charge in [0.15, 0.2) is 18.1 Å². The zero-order valence-corrected chi connectivity index (χ0v) is 16.0. The van der Waals surface area contributed by atoms with Gasteiger partial charge in [0, 0.05) is 12.1 Å². The molecule has 1 saturated heterocycles. The minimum absolute atomic E-state index is 0.158. The first-order valence-corrected chi connectivity index (χ1v) is 8.71. The Morgan fingerprint density at radius 2 is 1.54 bits per heavy atom. The Bertz CT molecular complexity index is 624. The predicted octanol–water partition coefficient (Wildman–Crippen LogP) is 2.66. The summed E-state index contributed by atoms with van der Waals surface area (Å²) in [4.78, 5) is 26.7. The van der Waals surface area contributed by atoms with Crippen LogP contribution in [0.1, 0.15) is 43.5 Å². The van der Waals surface area contributed by atoms with Crippen molar-refractivity contribution in [1.82, 2.24) is 4.90 Å². The van der Waals surface area contributed by atoms with Crippen molar-refractivity contribution >= 4 is 11.9 Å². The number of esters is 1. The van der Waals surface area contributed by atoms with E-state index in [9.17, 15) is 9.59 Å². The molecule has 0 spiro atoms. The Morgan fingerprint density at radius 1 is 1.00 bits per heavy atom. The monoisotopic (exact) mass is 365 g/mol. The molecule has 0 unspecified atom stereocenters. The molecule has 0 radical (unpaired) electrons. The number of carbonyl (C=O) groups excluding carboxylic acids is 2. The second-order valence-corrected chi connectivity index (χ2v) is 6.42. The van der Waals surface area contributed by atoms with Crippen molar-refractivity contribution in [2.75, 3.05) is 27.9 Å². The molecule has 0 bridgehead atoms. The fourth-order valence-corrected chi connectivity index (χ4v) is 3.40. The second-order valence-electron chi connectivity index (χ2n) is 6.42. The van der Waals surface area contributed by atoms with Crippen molar-refractivity contribution in [3.05, 3.63) is 17.7 Å². The lowest BCUT2D eigenvalue weighted by molar-refractivity contribution is -0.140. The predicted molar refractivity (Wildman–Crippen MR) is 96.0 cm³/mol. The van der Waals surface area contributed by atoms with E-state index < -0.39 is 5.97 Å². The van der Waals surface area contributed by atoms with Crippen molar-refractivity contribution in [1.29, 1.82) is 0 Å². The van der Waals surface area contributed by atoms with Gasteiger partial charge in [0.1, 0.15) is 0 Å². The maximum atomic E-state index is 12.5. The first-order chi connectivity index (χ1) is 12.4. The Hall–Kier alpha value is -2.44. The zero-order chi connectivity index (χ0) is 19.3. The molecule has 1 amide bonds. The molecule has 1 fully saturated rings. The fraction of sp³-hybridized carbons (Fsp3) is 0.579. The van der Waals surface area contributed by atoms with Gasteiger partial charge in [-0.15, -0.1) is 0 Å². The molecule has 1 aliphatic rings. The molecule has 26 heavy (non-hydrogen) atoms. The molecule has 2 rings (SSSR count). The van der Waals surface area contributed by atoms with Crippen LogP contribution in [-0.2, 0) is 9.53 Å². The summed E-state index contributed by atoms with van der Waals surface area (Å²) in [7, 11) is 4.42. The van der Waals surface area contributed by atoms with Crippen LogP contribution in [0, 0.1) is 0 Å². The third-order valence-electron chi connectivity index (χ3n) is 4.71. The van der Waals surface area contributed by atoms with E-state index in [1.165, 1.54) is 33.5 Å². The smallest absolute Gasteiger partial charge is 0.338 e. The molecule has 0 aliphatic carbocycles. The minimum atomic E-state index is -0.616. The lowest BCUT2D eigenvalue weighted by atomic mass is 9.97. The lowest BCUT2D eigenvalue weighted by Crippen LogP contribution is -2.49. The van der Waals surface area contributed by atoms with Crippen molar-refractivity contribution < 1.29 is 28.5 Å². The highest BCUT2D eigenvalue weighted by molar-refractivity contribution is 5.93. The number of methoxy groups -OCH3 is 3. The molecular weight excluding hydrogens is 338 g/mol. The van der Waals surface area contributed by atoms with E-state index in [4.69, 9.17) is 18.9 Å².